The molecule has 28 heavy (non-hydrogen) atoms. The van der Waals surface area contributed by atoms with E-state index in [0.29, 0.717) is 33.8 Å². The zero-order chi connectivity index (χ0) is 20.5. The summed E-state index contributed by atoms with van der Waals surface area (Å²) in [6, 6.07) is 16.3. The monoisotopic (exact) mass is 433 g/mol. The predicted octanol–water partition coefficient (Wildman–Crippen LogP) is 5.62. The van der Waals surface area contributed by atoms with E-state index in [1.165, 1.54) is 24.3 Å². The third-order valence-corrected chi connectivity index (χ3v) is 3.98. The van der Waals surface area contributed by atoms with Gasteiger partial charge in [-0.25, -0.2) is 14.4 Å². The molecule has 0 saturated carbocycles. The Morgan fingerprint density at radius 1 is 0.893 bits per heavy atom. The molecule has 5 nitrogen and oxygen atoms in total. The highest BCUT2D eigenvalue weighted by Gasteiger charge is 2.04. The third kappa shape index (κ3) is 6.37. The number of rotatable bonds is 3. The number of nitrogens with one attached hydrogen (secondary N) is 1. The Bertz CT molecular complexity index is 1060. The smallest absolute Gasteiger partial charge is 0.148 e. The lowest BCUT2D eigenvalue weighted by molar-refractivity contribution is 0.626. The van der Waals surface area contributed by atoms with Crippen molar-refractivity contribution in [3.05, 3.63) is 86.5 Å². The molecule has 0 amide bonds. The molecular weight excluding hydrogens is 424 g/mol. The van der Waals surface area contributed by atoms with Gasteiger partial charge in [0.05, 0.1) is 11.1 Å². The topological polar surface area (TPSA) is 85.4 Å². The summed E-state index contributed by atoms with van der Waals surface area (Å²) < 4.78 is 13.0. The molecule has 3 rings (SSSR count). The van der Waals surface area contributed by atoms with Crippen molar-refractivity contribution in [2.24, 2.45) is 0 Å². The zero-order valence-corrected chi connectivity index (χ0v) is 16.4. The van der Waals surface area contributed by atoms with Gasteiger partial charge in [-0.15, -0.1) is 0 Å². The first-order valence-corrected chi connectivity index (χ1v) is 8.83. The van der Waals surface area contributed by atoms with Crippen LogP contribution < -0.4 is 5.32 Å². The van der Waals surface area contributed by atoms with Crippen molar-refractivity contribution >= 4 is 40.6 Å². The van der Waals surface area contributed by atoms with Crippen LogP contribution in [0.1, 0.15) is 16.7 Å². The number of hydrogen-bond donors (Lipinski definition) is 1. The lowest BCUT2D eigenvalue weighted by Gasteiger charge is -2.07. The average Bonchev–Trinajstić information content (AvgIpc) is 2.67. The SMILES string of the molecule is N#Cc1ccc(Cl)nc1Cl.N#Cc1ccc(Cl)nc1NCc1cccc(F)c1. The number of aromatic nitrogens is 2. The van der Waals surface area contributed by atoms with Gasteiger partial charge in [0.2, 0.25) is 0 Å². The van der Waals surface area contributed by atoms with Crippen LogP contribution in [-0.2, 0) is 6.54 Å². The minimum absolute atomic E-state index is 0.148. The second-order valence-corrected chi connectivity index (χ2v) is 6.34. The molecule has 0 atom stereocenters. The highest BCUT2D eigenvalue weighted by atomic mass is 35.5. The van der Waals surface area contributed by atoms with Crippen molar-refractivity contribution in [3.63, 3.8) is 0 Å². The molecule has 2 aromatic heterocycles. The summed E-state index contributed by atoms with van der Waals surface area (Å²) in [5, 5.41) is 21.0. The summed E-state index contributed by atoms with van der Waals surface area (Å²) in [5.74, 6) is 0.100. The van der Waals surface area contributed by atoms with Crippen molar-refractivity contribution < 1.29 is 4.39 Å². The van der Waals surface area contributed by atoms with Crippen LogP contribution in [0.3, 0.4) is 0 Å². The van der Waals surface area contributed by atoms with Gasteiger partial charge in [0.15, 0.2) is 0 Å². The van der Waals surface area contributed by atoms with E-state index < -0.39 is 0 Å². The Balaban J connectivity index is 0.000000237. The van der Waals surface area contributed by atoms with Crippen molar-refractivity contribution in [1.82, 2.24) is 9.97 Å². The molecule has 0 saturated heterocycles. The zero-order valence-electron chi connectivity index (χ0n) is 14.1. The minimum atomic E-state index is -0.297. The van der Waals surface area contributed by atoms with Crippen LogP contribution in [-0.4, -0.2) is 9.97 Å². The summed E-state index contributed by atoms with van der Waals surface area (Å²) in [5.41, 5.74) is 1.50. The maximum atomic E-state index is 13.0. The Morgan fingerprint density at radius 3 is 2.14 bits per heavy atom. The lowest BCUT2D eigenvalue weighted by Crippen LogP contribution is -2.03. The Morgan fingerprint density at radius 2 is 1.54 bits per heavy atom. The van der Waals surface area contributed by atoms with Gasteiger partial charge in [-0.2, -0.15) is 10.5 Å². The van der Waals surface area contributed by atoms with Crippen LogP contribution in [0.2, 0.25) is 15.5 Å². The van der Waals surface area contributed by atoms with E-state index in [1.807, 2.05) is 12.1 Å². The second kappa shape index (κ2) is 10.4. The standard InChI is InChI=1S/C13H9ClFN3.C6H2Cl2N2/c14-12-5-4-10(7-16)13(18-12)17-8-9-2-1-3-11(15)6-9;7-5-2-1-4(3-9)6(8)10-5/h1-6H,8H2,(H,17,18);1-2H. The quantitative estimate of drug-likeness (QED) is 0.541. The summed E-state index contributed by atoms with van der Waals surface area (Å²) in [6.07, 6.45) is 0. The molecule has 3 aromatic rings. The fourth-order valence-corrected chi connectivity index (χ4v) is 2.52. The molecular formula is C19H11Cl3FN5. The van der Waals surface area contributed by atoms with Crippen molar-refractivity contribution in [3.8, 4) is 12.1 Å². The fraction of sp³-hybridized carbons (Fsp3) is 0.0526. The maximum absolute atomic E-state index is 13.0. The van der Waals surface area contributed by atoms with E-state index in [2.05, 4.69) is 15.3 Å². The van der Waals surface area contributed by atoms with Gasteiger partial charge >= 0.3 is 0 Å². The van der Waals surface area contributed by atoms with Gasteiger partial charge in [0.25, 0.3) is 0 Å². The van der Waals surface area contributed by atoms with E-state index in [-0.39, 0.29) is 11.0 Å². The van der Waals surface area contributed by atoms with E-state index >= 15 is 0 Å². The van der Waals surface area contributed by atoms with E-state index in [9.17, 15) is 4.39 Å². The highest BCUT2D eigenvalue weighted by molar-refractivity contribution is 6.33. The highest BCUT2D eigenvalue weighted by Crippen LogP contribution is 2.17. The van der Waals surface area contributed by atoms with Crippen molar-refractivity contribution in [2.75, 3.05) is 5.32 Å². The number of benzene rings is 1. The molecule has 0 unspecified atom stereocenters. The van der Waals surface area contributed by atoms with Gasteiger partial charge in [-0.05, 0) is 42.0 Å². The molecule has 0 aliphatic rings. The molecule has 0 aliphatic heterocycles. The summed E-state index contributed by atoms with van der Waals surface area (Å²) >= 11 is 16.7. The third-order valence-electron chi connectivity index (χ3n) is 3.27. The van der Waals surface area contributed by atoms with E-state index in [1.54, 1.807) is 24.3 Å². The molecule has 1 aromatic carbocycles. The van der Waals surface area contributed by atoms with Crippen LogP contribution >= 0.6 is 34.8 Å². The Kier molecular flexibility index (Phi) is 7.98. The molecule has 2 heterocycles. The van der Waals surface area contributed by atoms with Gasteiger partial charge < -0.3 is 5.32 Å². The molecule has 0 spiro atoms. The average molecular weight is 435 g/mol. The van der Waals surface area contributed by atoms with E-state index in [4.69, 9.17) is 45.3 Å². The minimum Gasteiger partial charge on any atom is -0.365 e. The van der Waals surface area contributed by atoms with Crippen LogP contribution in [0.5, 0.6) is 0 Å². The molecule has 1 N–H and O–H groups in total. The van der Waals surface area contributed by atoms with Crippen LogP contribution in [0.15, 0.2) is 48.5 Å². The maximum Gasteiger partial charge on any atom is 0.148 e. The van der Waals surface area contributed by atoms with Gasteiger partial charge in [0.1, 0.15) is 39.2 Å². The number of hydrogen-bond acceptors (Lipinski definition) is 5. The predicted molar refractivity (Wildman–Crippen MR) is 107 cm³/mol. The Hall–Kier alpha value is -2.90. The van der Waals surface area contributed by atoms with Crippen molar-refractivity contribution in [1.29, 1.82) is 10.5 Å². The second-order valence-electron chi connectivity index (χ2n) is 5.21. The number of anilines is 1. The first-order valence-electron chi connectivity index (χ1n) is 7.70. The summed E-state index contributed by atoms with van der Waals surface area (Å²) in [6.45, 7) is 0.375. The van der Waals surface area contributed by atoms with Crippen LogP contribution in [0.4, 0.5) is 10.2 Å². The molecule has 0 radical (unpaired) electrons. The molecule has 0 aliphatic carbocycles. The number of nitriles is 2. The van der Waals surface area contributed by atoms with Crippen molar-refractivity contribution in [2.45, 2.75) is 6.54 Å². The lowest BCUT2D eigenvalue weighted by atomic mass is 10.2. The molecule has 9 heteroatoms. The fourth-order valence-electron chi connectivity index (χ4n) is 1.99. The summed E-state index contributed by atoms with van der Waals surface area (Å²) in [7, 11) is 0. The molecule has 0 fully saturated rings. The largest absolute Gasteiger partial charge is 0.365 e. The number of nitrogens with zero attached hydrogens (tertiary/aromatic N) is 4. The van der Waals surface area contributed by atoms with Crippen LogP contribution in [0.25, 0.3) is 0 Å². The molecule has 140 valence electrons. The number of pyridine rings is 2. The van der Waals surface area contributed by atoms with Gasteiger partial charge in [-0.3, -0.25) is 0 Å². The normalized spacial score (nSPS) is 9.50. The van der Waals surface area contributed by atoms with Gasteiger partial charge in [0, 0.05) is 6.54 Å². The number of halogens is 4. The van der Waals surface area contributed by atoms with Gasteiger partial charge in [-0.1, -0.05) is 46.9 Å². The Labute approximate surface area is 175 Å². The summed E-state index contributed by atoms with van der Waals surface area (Å²) in [4.78, 5) is 7.67. The first-order chi connectivity index (χ1) is 13.4. The molecule has 0 bridgehead atoms. The van der Waals surface area contributed by atoms with Crippen LogP contribution in [0, 0.1) is 28.5 Å². The first kappa shape index (κ1) is 21.4. The van der Waals surface area contributed by atoms with E-state index in [0.717, 1.165) is 5.56 Å².